The number of hydrogen-bond acceptors (Lipinski definition) is 4. The maximum atomic E-state index is 12.1. The van der Waals surface area contributed by atoms with Gasteiger partial charge >= 0.3 is 5.97 Å². The van der Waals surface area contributed by atoms with Crippen molar-refractivity contribution in [3.05, 3.63) is 11.6 Å². The third-order valence-corrected chi connectivity index (χ3v) is 10.1. The molecule has 3 saturated carbocycles. The number of ketones is 1. The molecule has 4 aliphatic carbocycles. The van der Waals surface area contributed by atoms with Crippen molar-refractivity contribution in [1.82, 2.24) is 0 Å². The Morgan fingerprint density at radius 3 is 2.72 bits per heavy atom. The minimum atomic E-state index is -0.174. The highest BCUT2D eigenvalue weighted by atomic mass is 16.5. The number of allylic oxidation sites excluding steroid dienone is 1. The van der Waals surface area contributed by atoms with Gasteiger partial charge in [0.05, 0.1) is 7.11 Å². The molecule has 4 nitrogen and oxygen atoms in total. The molecule has 0 aliphatic heterocycles. The van der Waals surface area contributed by atoms with Crippen LogP contribution in [0.1, 0.15) is 85.0 Å². The van der Waals surface area contributed by atoms with Gasteiger partial charge in [-0.3, -0.25) is 9.59 Å². The lowest BCUT2D eigenvalue weighted by molar-refractivity contribution is -0.141. The zero-order valence-corrected chi connectivity index (χ0v) is 18.8. The highest BCUT2D eigenvalue weighted by Crippen LogP contribution is 2.67. The number of carbonyl (C=O) groups is 2. The first kappa shape index (κ1) is 21.1. The van der Waals surface area contributed by atoms with Crippen LogP contribution in [-0.2, 0) is 14.3 Å². The Morgan fingerprint density at radius 1 is 1.24 bits per heavy atom. The van der Waals surface area contributed by atoms with Crippen LogP contribution in [-0.4, -0.2) is 24.4 Å². The monoisotopic (exact) mass is 401 g/mol. The first-order valence-electron chi connectivity index (χ1n) is 11.7. The van der Waals surface area contributed by atoms with Gasteiger partial charge in [-0.15, -0.1) is 0 Å². The largest absolute Gasteiger partial charge is 0.469 e. The van der Waals surface area contributed by atoms with Gasteiger partial charge in [-0.1, -0.05) is 32.4 Å². The molecule has 0 saturated heterocycles. The van der Waals surface area contributed by atoms with E-state index in [2.05, 4.69) is 26.8 Å². The molecule has 4 heteroatoms. The molecule has 0 aromatic heterocycles. The summed E-state index contributed by atoms with van der Waals surface area (Å²) in [5.74, 6) is 2.66. The normalized spacial score (nSPS) is 44.9. The molecular weight excluding hydrogens is 362 g/mol. The first-order valence-corrected chi connectivity index (χ1v) is 11.7. The number of rotatable bonds is 4. The molecule has 4 aliphatic rings. The van der Waals surface area contributed by atoms with Crippen LogP contribution >= 0.6 is 0 Å². The molecule has 0 radical (unpaired) electrons. The van der Waals surface area contributed by atoms with Crippen molar-refractivity contribution in [2.75, 3.05) is 7.11 Å². The van der Waals surface area contributed by atoms with Gasteiger partial charge in [0, 0.05) is 30.2 Å². The van der Waals surface area contributed by atoms with Crippen LogP contribution in [0.2, 0.25) is 0 Å². The third-order valence-electron chi connectivity index (χ3n) is 10.1. The van der Waals surface area contributed by atoms with E-state index in [4.69, 9.17) is 10.5 Å². The van der Waals surface area contributed by atoms with Gasteiger partial charge in [0.25, 0.3) is 0 Å². The molecule has 0 aromatic rings. The van der Waals surface area contributed by atoms with Gasteiger partial charge in [0.15, 0.2) is 0 Å². The van der Waals surface area contributed by atoms with E-state index in [-0.39, 0.29) is 16.9 Å². The Balaban J connectivity index is 1.57. The van der Waals surface area contributed by atoms with E-state index in [1.54, 1.807) is 0 Å². The smallest absolute Gasteiger partial charge is 0.305 e. The topological polar surface area (TPSA) is 69.4 Å². The average molecular weight is 402 g/mol. The van der Waals surface area contributed by atoms with E-state index in [1.807, 2.05) is 0 Å². The molecule has 0 aromatic carbocycles. The maximum absolute atomic E-state index is 12.1. The summed E-state index contributed by atoms with van der Waals surface area (Å²) in [6, 6.07) is 0. The van der Waals surface area contributed by atoms with Crippen LogP contribution in [0.5, 0.6) is 0 Å². The number of hydrogen-bond donors (Lipinski definition) is 1. The number of ether oxygens (including phenoxy) is 1. The molecule has 0 bridgehead atoms. The highest BCUT2D eigenvalue weighted by molar-refractivity contribution is 5.83. The zero-order chi connectivity index (χ0) is 21.0. The summed E-state index contributed by atoms with van der Waals surface area (Å²) in [5.41, 5.74) is 8.79. The lowest BCUT2D eigenvalue weighted by Crippen LogP contribution is -2.67. The van der Waals surface area contributed by atoms with E-state index >= 15 is 0 Å². The molecule has 2 N–H and O–H groups in total. The minimum Gasteiger partial charge on any atom is -0.469 e. The van der Waals surface area contributed by atoms with Crippen molar-refractivity contribution in [3.63, 3.8) is 0 Å². The first-order chi connectivity index (χ1) is 13.7. The average Bonchev–Trinajstić information content (AvgIpc) is 3.04. The van der Waals surface area contributed by atoms with E-state index in [0.717, 1.165) is 25.7 Å². The lowest BCUT2D eigenvalue weighted by Gasteiger charge is -2.63. The number of Topliss-reactive ketones (excluding diaryl/α,β-unsaturated/α-hetero) is 1. The van der Waals surface area contributed by atoms with E-state index in [1.165, 1.54) is 31.9 Å². The van der Waals surface area contributed by atoms with Gasteiger partial charge < -0.3 is 10.5 Å². The molecular formula is C25H39NO3. The highest BCUT2D eigenvalue weighted by Gasteiger charge is 2.64. The fourth-order valence-electron chi connectivity index (χ4n) is 8.13. The van der Waals surface area contributed by atoms with Crippen LogP contribution in [0.3, 0.4) is 0 Å². The van der Waals surface area contributed by atoms with Crippen LogP contribution in [0, 0.1) is 34.5 Å². The van der Waals surface area contributed by atoms with E-state index in [9.17, 15) is 9.59 Å². The predicted molar refractivity (Wildman–Crippen MR) is 114 cm³/mol. The summed E-state index contributed by atoms with van der Waals surface area (Å²) in [6.07, 6.45) is 11.9. The molecule has 0 spiro atoms. The van der Waals surface area contributed by atoms with Crippen molar-refractivity contribution in [1.29, 1.82) is 0 Å². The minimum absolute atomic E-state index is 0.0141. The quantitative estimate of drug-likeness (QED) is 0.542. The Bertz CT molecular complexity index is 730. The van der Waals surface area contributed by atoms with Crippen molar-refractivity contribution < 1.29 is 14.3 Å². The summed E-state index contributed by atoms with van der Waals surface area (Å²) in [5, 5.41) is 0. The Kier molecular flexibility index (Phi) is 5.25. The van der Waals surface area contributed by atoms with Crippen molar-refractivity contribution in [2.45, 2.75) is 90.5 Å². The van der Waals surface area contributed by atoms with Gasteiger partial charge in [-0.25, -0.2) is 0 Å². The van der Waals surface area contributed by atoms with Gasteiger partial charge in [-0.2, -0.15) is 0 Å². The second-order valence-electron chi connectivity index (χ2n) is 11.0. The molecule has 4 rings (SSSR count). The molecule has 0 heterocycles. The van der Waals surface area contributed by atoms with Gasteiger partial charge in [-0.05, 0) is 74.0 Å². The number of fused-ring (bicyclic) bond motifs is 5. The second kappa shape index (κ2) is 7.21. The number of esters is 1. The van der Waals surface area contributed by atoms with Gasteiger partial charge in [0.2, 0.25) is 0 Å². The van der Waals surface area contributed by atoms with Crippen LogP contribution in [0.25, 0.3) is 0 Å². The summed E-state index contributed by atoms with van der Waals surface area (Å²) in [4.78, 5) is 23.7. The number of methoxy groups -OCH3 is 1. The number of carbonyl (C=O) groups excluding carboxylic acids is 2. The zero-order valence-electron chi connectivity index (χ0n) is 18.8. The molecule has 0 unspecified atom stereocenters. The Hall–Kier alpha value is -1.16. The van der Waals surface area contributed by atoms with Crippen molar-refractivity contribution in [2.24, 2.45) is 40.2 Å². The Morgan fingerprint density at radius 2 is 2.00 bits per heavy atom. The molecule has 0 amide bonds. The van der Waals surface area contributed by atoms with Crippen LogP contribution in [0.15, 0.2) is 11.6 Å². The molecule has 3 fully saturated rings. The van der Waals surface area contributed by atoms with Crippen LogP contribution in [0.4, 0.5) is 0 Å². The Labute approximate surface area is 176 Å². The van der Waals surface area contributed by atoms with E-state index in [0.29, 0.717) is 54.1 Å². The second-order valence-corrected chi connectivity index (χ2v) is 11.0. The van der Waals surface area contributed by atoms with E-state index < -0.39 is 0 Å². The SMILES string of the molecule is COC(=O)CC[C@@H](C)[C@H]1CC[C@H]2[C@@H]3CC=C4CC(=O)CC[C@]4(C)[C@@]3(N)CC[C@]12C. The summed E-state index contributed by atoms with van der Waals surface area (Å²) in [7, 11) is 1.48. The number of nitrogens with two attached hydrogens (primary N) is 1. The fourth-order valence-corrected chi connectivity index (χ4v) is 8.13. The standard InChI is InChI=1S/C25H39NO3/c1-16(5-10-22(28)29-4)19-8-9-20-21-7-6-17-15-18(27)11-12-24(17,3)25(21,26)14-13-23(19,20)2/h6,16,19-21H,5,7-15,26H2,1-4H3/t16-,19-,20+,21+,23-,24+,25-/m1/s1. The fraction of sp³-hybridized carbons (Fsp3) is 0.840. The molecule has 29 heavy (non-hydrogen) atoms. The van der Waals surface area contributed by atoms with Gasteiger partial charge in [0.1, 0.15) is 5.78 Å². The maximum Gasteiger partial charge on any atom is 0.305 e. The van der Waals surface area contributed by atoms with Crippen molar-refractivity contribution in [3.8, 4) is 0 Å². The third kappa shape index (κ3) is 3.04. The predicted octanol–water partition coefficient (Wildman–Crippen LogP) is 4.81. The molecule has 162 valence electrons. The summed E-state index contributed by atoms with van der Waals surface area (Å²) < 4.78 is 4.86. The summed E-state index contributed by atoms with van der Waals surface area (Å²) in [6.45, 7) is 7.19. The summed E-state index contributed by atoms with van der Waals surface area (Å²) >= 11 is 0. The molecule has 7 atom stereocenters. The van der Waals surface area contributed by atoms with Crippen molar-refractivity contribution >= 4 is 11.8 Å². The van der Waals surface area contributed by atoms with Crippen LogP contribution < -0.4 is 5.73 Å². The lowest BCUT2D eigenvalue weighted by atomic mass is 9.43.